The highest BCUT2D eigenvalue weighted by atomic mass is 35.5. The Bertz CT molecular complexity index is 1280. The zero-order chi connectivity index (χ0) is 28.9. The fourth-order valence-electron chi connectivity index (χ4n) is 3.95. The zero-order valence-corrected chi connectivity index (χ0v) is 25.2. The summed E-state index contributed by atoms with van der Waals surface area (Å²) in [5.41, 5.74) is 8.35. The molecule has 0 unspecified atom stereocenters. The van der Waals surface area contributed by atoms with Crippen molar-refractivity contribution in [1.29, 1.82) is 0 Å². The minimum absolute atomic E-state index is 0.00902. The Morgan fingerprint density at radius 2 is 1.69 bits per heavy atom. The number of aromatic nitrogens is 1. The van der Waals surface area contributed by atoms with Gasteiger partial charge >= 0.3 is 0 Å². The van der Waals surface area contributed by atoms with Gasteiger partial charge in [-0.2, -0.15) is 0 Å². The number of carbonyl (C=O) groups excluding carboxylic acids is 2. The van der Waals surface area contributed by atoms with Crippen molar-refractivity contribution in [2.75, 3.05) is 11.4 Å². The summed E-state index contributed by atoms with van der Waals surface area (Å²) in [6.45, 7) is 7.94. The Morgan fingerprint density at radius 3 is 2.28 bits per heavy atom. The summed E-state index contributed by atoms with van der Waals surface area (Å²) in [7, 11) is 0. The topological polar surface area (TPSA) is 101 Å². The van der Waals surface area contributed by atoms with Gasteiger partial charge in [0.25, 0.3) is 5.91 Å². The van der Waals surface area contributed by atoms with E-state index >= 15 is 0 Å². The summed E-state index contributed by atoms with van der Waals surface area (Å²) in [6, 6.07) is 12.9. The molecule has 0 aliphatic heterocycles. The van der Waals surface area contributed by atoms with E-state index in [2.05, 4.69) is 10.5 Å². The number of carbonyl (C=O) groups is 2. The summed E-state index contributed by atoms with van der Waals surface area (Å²) in [6.07, 6.45) is 0.768. The molecule has 0 fully saturated rings. The average molecular weight is 614 g/mol. The molecule has 11 heteroatoms. The van der Waals surface area contributed by atoms with Crippen LogP contribution in [0.3, 0.4) is 0 Å². The van der Waals surface area contributed by atoms with Gasteiger partial charge in [-0.3, -0.25) is 9.59 Å². The maximum atomic E-state index is 13.1. The highest BCUT2D eigenvalue weighted by Gasteiger charge is 2.30. The minimum atomic E-state index is -1.31. The van der Waals surface area contributed by atoms with Crippen LogP contribution in [0.4, 0.5) is 5.69 Å². The molecule has 3 aromatic rings. The van der Waals surface area contributed by atoms with Crippen LogP contribution in [-0.2, 0) is 9.59 Å². The largest absolute Gasteiger partial charge is 0.356 e. The molecular weight excluding hydrogens is 582 g/mol. The Hall–Kier alpha value is -2.29. The van der Waals surface area contributed by atoms with Gasteiger partial charge in [0.2, 0.25) is 5.91 Å². The third-order valence-electron chi connectivity index (χ3n) is 6.70. The van der Waals surface area contributed by atoms with Crippen LogP contribution in [0.1, 0.15) is 34.1 Å². The molecule has 0 bridgehead atoms. The molecule has 0 aliphatic rings. The van der Waals surface area contributed by atoms with Gasteiger partial charge in [-0.25, -0.2) is 0 Å². The van der Waals surface area contributed by atoms with Crippen LogP contribution in [0.15, 0.2) is 53.1 Å². The van der Waals surface area contributed by atoms with E-state index in [0.717, 1.165) is 6.42 Å². The molecule has 0 radical (unpaired) electrons. The highest BCUT2D eigenvalue weighted by molar-refractivity contribution is 6.54. The van der Waals surface area contributed by atoms with Crippen LogP contribution >= 0.6 is 46.4 Å². The fourth-order valence-corrected chi connectivity index (χ4v) is 4.78. The summed E-state index contributed by atoms with van der Waals surface area (Å²) in [5, 5.41) is 8.03. The number of amides is 2. The van der Waals surface area contributed by atoms with Gasteiger partial charge in [0.15, 0.2) is 10.6 Å². The van der Waals surface area contributed by atoms with Crippen LogP contribution in [0.5, 0.6) is 0 Å². The molecule has 1 heterocycles. The zero-order valence-electron chi connectivity index (χ0n) is 22.1. The van der Waals surface area contributed by atoms with Gasteiger partial charge in [0.1, 0.15) is 5.69 Å². The van der Waals surface area contributed by atoms with Crippen LogP contribution < -0.4 is 16.0 Å². The van der Waals surface area contributed by atoms with Crippen molar-refractivity contribution in [3.05, 3.63) is 58.6 Å². The summed E-state index contributed by atoms with van der Waals surface area (Å²) in [4.78, 5) is 26.2. The lowest BCUT2D eigenvalue weighted by atomic mass is 9.97. The van der Waals surface area contributed by atoms with Crippen molar-refractivity contribution in [2.45, 2.75) is 51.0 Å². The van der Waals surface area contributed by atoms with Gasteiger partial charge < -0.3 is 20.5 Å². The van der Waals surface area contributed by atoms with Crippen molar-refractivity contribution in [1.82, 2.24) is 10.5 Å². The van der Waals surface area contributed by atoms with E-state index in [0.29, 0.717) is 38.3 Å². The first-order valence-electron chi connectivity index (χ1n) is 12.6. The number of nitrogens with one attached hydrogen (secondary N) is 1. The number of alkyl halides is 2. The van der Waals surface area contributed by atoms with Crippen LogP contribution in [0.25, 0.3) is 22.6 Å². The number of nitrogens with two attached hydrogens (primary N) is 1. The van der Waals surface area contributed by atoms with Gasteiger partial charge in [0.05, 0.1) is 16.1 Å². The molecular formula is C28H32Cl4N4O3. The van der Waals surface area contributed by atoms with E-state index in [1.54, 1.807) is 42.5 Å². The van der Waals surface area contributed by atoms with Gasteiger partial charge in [0, 0.05) is 35.5 Å². The second-order valence-electron chi connectivity index (χ2n) is 9.74. The predicted octanol–water partition coefficient (Wildman–Crippen LogP) is 6.97. The number of anilines is 1. The summed E-state index contributed by atoms with van der Waals surface area (Å²) < 4.78 is 5.60. The van der Waals surface area contributed by atoms with Crippen molar-refractivity contribution < 1.29 is 14.1 Å². The van der Waals surface area contributed by atoms with E-state index < -0.39 is 22.8 Å². The number of hydrogen-bond acceptors (Lipinski definition) is 5. The van der Waals surface area contributed by atoms with Crippen LogP contribution in [0, 0.1) is 11.8 Å². The maximum absolute atomic E-state index is 13.1. The molecule has 0 aliphatic carbocycles. The third-order valence-corrected chi connectivity index (χ3v) is 7.70. The average Bonchev–Trinajstić information content (AvgIpc) is 3.39. The molecule has 0 spiro atoms. The molecule has 3 rings (SSSR count). The molecule has 0 saturated carbocycles. The molecule has 3 N–H and O–H groups in total. The lowest BCUT2D eigenvalue weighted by Crippen LogP contribution is -2.54. The molecule has 2 aromatic carbocycles. The van der Waals surface area contributed by atoms with Crippen LogP contribution in [-0.4, -0.2) is 40.4 Å². The Morgan fingerprint density at radius 1 is 1.05 bits per heavy atom. The van der Waals surface area contributed by atoms with Crippen molar-refractivity contribution >= 4 is 63.9 Å². The summed E-state index contributed by atoms with van der Waals surface area (Å²) >= 11 is 24.7. The number of benzene rings is 2. The molecule has 0 saturated heterocycles. The monoisotopic (exact) mass is 612 g/mol. The first-order chi connectivity index (χ1) is 18.4. The molecule has 210 valence electrons. The summed E-state index contributed by atoms with van der Waals surface area (Å²) in [5.74, 6) is -0.364. The molecule has 3 atom stereocenters. The fraction of sp³-hybridized carbons (Fsp3) is 0.393. The van der Waals surface area contributed by atoms with Gasteiger partial charge in [-0.05, 0) is 36.1 Å². The molecule has 7 nitrogen and oxygen atoms in total. The number of rotatable bonds is 11. The predicted molar refractivity (Wildman–Crippen MR) is 159 cm³/mol. The molecule has 2 amide bonds. The Balaban J connectivity index is 1.93. The number of nitrogens with zero attached hydrogens (tertiary/aromatic N) is 2. The third kappa shape index (κ3) is 7.68. The number of hydrogen-bond donors (Lipinski definition) is 2. The molecule has 39 heavy (non-hydrogen) atoms. The Labute approximate surface area is 248 Å². The lowest BCUT2D eigenvalue weighted by molar-refractivity contribution is -0.124. The SMILES string of the molecule is CC[C@H](C)[C@H](N)C(=O)N[C@H](CN(C(=O)C(Cl)Cl)c1cccc(-c2cc(-c3c(Cl)cccc3Cl)no2)c1)C(C)C. The highest BCUT2D eigenvalue weighted by Crippen LogP contribution is 2.36. The smallest absolute Gasteiger partial charge is 0.260 e. The quantitative estimate of drug-likeness (QED) is 0.227. The van der Waals surface area contributed by atoms with Crippen molar-refractivity contribution in [2.24, 2.45) is 17.6 Å². The first kappa shape index (κ1) is 31.2. The Kier molecular flexibility index (Phi) is 11.1. The van der Waals surface area contributed by atoms with E-state index in [4.69, 9.17) is 56.7 Å². The minimum Gasteiger partial charge on any atom is -0.356 e. The second kappa shape index (κ2) is 13.9. The standard InChI is InChI=1S/C28H32Cl4N4O3/c1-5-16(4)25(33)27(37)34-22(15(2)3)14-36(28(38)26(31)32)18-9-6-8-17(12-18)23-13-21(35-39-23)24-19(29)10-7-11-20(24)30/h6-13,15-16,22,25-26H,5,14,33H2,1-4H3,(H,34,37)/t16-,22+,25-/m0/s1. The van der Waals surface area contributed by atoms with Crippen molar-refractivity contribution in [3.8, 4) is 22.6 Å². The van der Waals surface area contributed by atoms with E-state index in [9.17, 15) is 9.59 Å². The number of halogens is 4. The second-order valence-corrected chi connectivity index (χ2v) is 11.7. The molecule has 1 aromatic heterocycles. The maximum Gasteiger partial charge on any atom is 0.260 e. The first-order valence-corrected chi connectivity index (χ1v) is 14.2. The normalized spacial score (nSPS) is 13.8. The van der Waals surface area contributed by atoms with Crippen LogP contribution in [0.2, 0.25) is 10.0 Å². The lowest BCUT2D eigenvalue weighted by Gasteiger charge is -2.32. The van der Waals surface area contributed by atoms with Gasteiger partial charge in [-0.1, -0.05) is 104 Å². The van der Waals surface area contributed by atoms with E-state index in [1.165, 1.54) is 4.90 Å². The van der Waals surface area contributed by atoms with E-state index in [-0.39, 0.29) is 24.3 Å². The van der Waals surface area contributed by atoms with Gasteiger partial charge in [-0.15, -0.1) is 0 Å². The van der Waals surface area contributed by atoms with Crippen molar-refractivity contribution in [3.63, 3.8) is 0 Å². The van der Waals surface area contributed by atoms with E-state index in [1.807, 2.05) is 33.8 Å².